The molecule has 156 valence electrons. The lowest BCUT2D eigenvalue weighted by atomic mass is 10.0. The summed E-state index contributed by atoms with van der Waals surface area (Å²) in [4.78, 5) is 26.7. The van der Waals surface area contributed by atoms with Gasteiger partial charge in [0.2, 0.25) is 17.7 Å². The average Bonchev–Trinajstić information content (AvgIpc) is 3.35. The Hall–Kier alpha value is -3.56. The quantitative estimate of drug-likeness (QED) is 0.651. The Kier molecular flexibility index (Phi) is 5.30. The van der Waals surface area contributed by atoms with Crippen molar-refractivity contribution in [3.8, 4) is 11.4 Å². The Morgan fingerprint density at radius 3 is 2.83 bits per heavy atom. The van der Waals surface area contributed by atoms with Gasteiger partial charge in [-0.2, -0.15) is 9.97 Å². The highest BCUT2D eigenvalue weighted by molar-refractivity contribution is 5.89. The molecule has 0 radical (unpaired) electrons. The van der Waals surface area contributed by atoms with Crippen molar-refractivity contribution in [1.29, 1.82) is 0 Å². The third-order valence-corrected chi connectivity index (χ3v) is 4.80. The van der Waals surface area contributed by atoms with Gasteiger partial charge in [-0.15, -0.1) is 0 Å². The number of amides is 1. The molecule has 9 nitrogen and oxygen atoms in total. The van der Waals surface area contributed by atoms with E-state index in [1.807, 2.05) is 13.8 Å². The molecule has 1 saturated heterocycles. The van der Waals surface area contributed by atoms with Gasteiger partial charge in [0.15, 0.2) is 0 Å². The molecule has 1 aromatic carbocycles. The number of nitrogens with zero attached hydrogens (tertiary/aromatic N) is 5. The van der Waals surface area contributed by atoms with Crippen LogP contribution in [0.15, 0.2) is 41.1 Å². The number of hydrogen-bond donors (Lipinski definition) is 1. The molecule has 4 rings (SSSR count). The number of carbonyl (C=O) groups excluding carboxylic acids is 1. The molecule has 0 bridgehead atoms. The standard InChI is InChI=1S/C20H21FN6O3/c1-11(2)15-10-29-20(28)27(15)16-7-8-22-19(24-16)23-12(3)18-25-17(26-30-18)13-5-4-6-14(21)9-13/h4-9,11-12,15H,10H2,1-3H3,(H,22,23,24). The Labute approximate surface area is 172 Å². The summed E-state index contributed by atoms with van der Waals surface area (Å²) < 4.78 is 23.9. The predicted octanol–water partition coefficient (Wildman–Crippen LogP) is 3.82. The van der Waals surface area contributed by atoms with Gasteiger partial charge in [-0.05, 0) is 31.0 Å². The fourth-order valence-electron chi connectivity index (χ4n) is 3.15. The van der Waals surface area contributed by atoms with Crippen molar-refractivity contribution in [1.82, 2.24) is 20.1 Å². The van der Waals surface area contributed by atoms with Gasteiger partial charge in [0.05, 0.1) is 6.04 Å². The zero-order valence-corrected chi connectivity index (χ0v) is 16.7. The number of benzene rings is 1. The molecule has 0 saturated carbocycles. The molecular weight excluding hydrogens is 391 g/mol. The second-order valence-electron chi connectivity index (χ2n) is 7.33. The first-order valence-electron chi connectivity index (χ1n) is 9.57. The number of ether oxygens (including phenoxy) is 1. The van der Waals surface area contributed by atoms with Crippen molar-refractivity contribution in [3.05, 3.63) is 48.2 Å². The molecule has 1 fully saturated rings. The van der Waals surface area contributed by atoms with Crippen molar-refractivity contribution in [2.24, 2.45) is 5.92 Å². The van der Waals surface area contributed by atoms with Crippen molar-refractivity contribution >= 4 is 17.9 Å². The number of nitrogens with one attached hydrogen (secondary N) is 1. The topological polar surface area (TPSA) is 106 Å². The number of rotatable bonds is 6. The molecule has 1 aliphatic rings. The van der Waals surface area contributed by atoms with Gasteiger partial charge in [-0.1, -0.05) is 31.1 Å². The first-order chi connectivity index (χ1) is 14.4. The average molecular weight is 412 g/mol. The van der Waals surface area contributed by atoms with Crippen molar-refractivity contribution in [2.45, 2.75) is 32.9 Å². The minimum absolute atomic E-state index is 0.0950. The fraction of sp³-hybridized carbons (Fsp3) is 0.350. The molecular formula is C20H21FN6O3. The van der Waals surface area contributed by atoms with Gasteiger partial charge in [-0.25, -0.2) is 14.2 Å². The van der Waals surface area contributed by atoms with Gasteiger partial charge >= 0.3 is 6.09 Å². The molecule has 1 N–H and O–H groups in total. The van der Waals surface area contributed by atoms with Crippen molar-refractivity contribution in [2.75, 3.05) is 16.8 Å². The van der Waals surface area contributed by atoms with Crippen LogP contribution >= 0.6 is 0 Å². The summed E-state index contributed by atoms with van der Waals surface area (Å²) in [6.07, 6.45) is 1.13. The molecule has 0 aliphatic carbocycles. The molecule has 2 unspecified atom stereocenters. The summed E-state index contributed by atoms with van der Waals surface area (Å²) in [5.74, 6) is 1.16. The number of cyclic esters (lactones) is 1. The number of carbonyl (C=O) groups is 1. The highest BCUT2D eigenvalue weighted by atomic mass is 19.1. The summed E-state index contributed by atoms with van der Waals surface area (Å²) in [5.41, 5.74) is 0.516. The summed E-state index contributed by atoms with van der Waals surface area (Å²) in [5, 5.41) is 6.99. The number of hydrogen-bond acceptors (Lipinski definition) is 8. The SMILES string of the molecule is CC(Nc1nccc(N2C(=O)OCC2C(C)C)n1)c1nc(-c2cccc(F)c2)no1. The second kappa shape index (κ2) is 8.05. The Bertz CT molecular complexity index is 1060. The van der Waals surface area contributed by atoms with E-state index in [9.17, 15) is 9.18 Å². The molecule has 10 heteroatoms. The van der Waals surface area contributed by atoms with Crippen LogP contribution in [-0.4, -0.2) is 38.9 Å². The number of anilines is 2. The second-order valence-corrected chi connectivity index (χ2v) is 7.33. The van der Waals surface area contributed by atoms with Gasteiger partial charge in [0.1, 0.15) is 24.3 Å². The number of halogens is 1. The molecule has 0 spiro atoms. The lowest BCUT2D eigenvalue weighted by Gasteiger charge is -2.23. The van der Waals surface area contributed by atoms with Gasteiger partial charge in [0.25, 0.3) is 0 Å². The molecule has 1 amide bonds. The van der Waals surface area contributed by atoms with E-state index in [2.05, 4.69) is 25.4 Å². The van der Waals surface area contributed by atoms with E-state index >= 15 is 0 Å². The van der Waals surface area contributed by atoms with Gasteiger partial charge in [0, 0.05) is 11.8 Å². The van der Waals surface area contributed by atoms with Crippen LogP contribution in [-0.2, 0) is 4.74 Å². The van der Waals surface area contributed by atoms with Gasteiger partial charge in [-0.3, -0.25) is 4.90 Å². The summed E-state index contributed by atoms with van der Waals surface area (Å²) in [7, 11) is 0. The molecule has 30 heavy (non-hydrogen) atoms. The molecule has 2 aromatic heterocycles. The van der Waals surface area contributed by atoms with Crippen molar-refractivity contribution < 1.29 is 18.4 Å². The van der Waals surface area contributed by atoms with E-state index in [1.165, 1.54) is 17.0 Å². The molecule has 3 heterocycles. The third kappa shape index (κ3) is 3.93. The largest absolute Gasteiger partial charge is 0.447 e. The van der Waals surface area contributed by atoms with Crippen LogP contribution in [0.25, 0.3) is 11.4 Å². The minimum Gasteiger partial charge on any atom is -0.447 e. The van der Waals surface area contributed by atoms with E-state index in [1.54, 1.807) is 31.3 Å². The molecule has 3 aromatic rings. The van der Waals surface area contributed by atoms with Crippen LogP contribution in [0.2, 0.25) is 0 Å². The highest BCUT2D eigenvalue weighted by Crippen LogP contribution is 2.27. The van der Waals surface area contributed by atoms with E-state index in [-0.39, 0.29) is 23.6 Å². The number of aromatic nitrogens is 4. The Balaban J connectivity index is 1.51. The van der Waals surface area contributed by atoms with Crippen LogP contribution in [0.1, 0.15) is 32.7 Å². The van der Waals surface area contributed by atoms with Crippen LogP contribution in [0.4, 0.5) is 21.0 Å². The summed E-state index contributed by atoms with van der Waals surface area (Å²) >= 11 is 0. The first kappa shape index (κ1) is 19.7. The van der Waals surface area contributed by atoms with E-state index in [0.29, 0.717) is 29.8 Å². The van der Waals surface area contributed by atoms with E-state index < -0.39 is 12.1 Å². The minimum atomic E-state index is -0.428. The smallest absolute Gasteiger partial charge is 0.415 e. The fourth-order valence-corrected chi connectivity index (χ4v) is 3.15. The van der Waals surface area contributed by atoms with Crippen LogP contribution < -0.4 is 10.2 Å². The Morgan fingerprint density at radius 1 is 1.23 bits per heavy atom. The highest BCUT2D eigenvalue weighted by Gasteiger charge is 2.37. The maximum Gasteiger partial charge on any atom is 0.415 e. The maximum atomic E-state index is 13.4. The van der Waals surface area contributed by atoms with Gasteiger partial charge < -0.3 is 14.6 Å². The normalized spacial score (nSPS) is 17.3. The van der Waals surface area contributed by atoms with Crippen LogP contribution in [0.5, 0.6) is 0 Å². The summed E-state index contributed by atoms with van der Waals surface area (Å²) in [6.45, 7) is 6.17. The van der Waals surface area contributed by atoms with Crippen molar-refractivity contribution in [3.63, 3.8) is 0 Å². The zero-order valence-electron chi connectivity index (χ0n) is 16.7. The van der Waals surface area contributed by atoms with E-state index in [4.69, 9.17) is 9.26 Å². The third-order valence-electron chi connectivity index (χ3n) is 4.80. The molecule has 2 atom stereocenters. The maximum absolute atomic E-state index is 13.4. The van der Waals surface area contributed by atoms with Crippen LogP contribution in [0.3, 0.4) is 0 Å². The summed E-state index contributed by atoms with van der Waals surface area (Å²) in [6, 6.07) is 7.10. The monoisotopic (exact) mass is 412 g/mol. The lowest BCUT2D eigenvalue weighted by molar-refractivity contribution is 0.177. The zero-order chi connectivity index (χ0) is 21.3. The first-order valence-corrected chi connectivity index (χ1v) is 9.57. The van der Waals surface area contributed by atoms with E-state index in [0.717, 1.165) is 0 Å². The Morgan fingerprint density at radius 2 is 2.07 bits per heavy atom. The lowest BCUT2D eigenvalue weighted by Crippen LogP contribution is -2.37. The molecule has 1 aliphatic heterocycles. The van der Waals surface area contributed by atoms with Crippen LogP contribution in [0, 0.1) is 11.7 Å². The predicted molar refractivity (Wildman–Crippen MR) is 106 cm³/mol.